The van der Waals surface area contributed by atoms with E-state index < -0.39 is 10.0 Å². The quantitative estimate of drug-likeness (QED) is 0.511. The molecule has 1 N–H and O–H groups in total. The lowest BCUT2D eigenvalue weighted by molar-refractivity contribution is 0.576. The van der Waals surface area contributed by atoms with E-state index in [1.807, 2.05) is 6.92 Å². The molecule has 0 radical (unpaired) electrons. The third kappa shape index (κ3) is 5.28. The molecule has 1 aromatic heterocycles. The summed E-state index contributed by atoms with van der Waals surface area (Å²) in [6.07, 6.45) is 4.22. The molecule has 0 fully saturated rings. The molecule has 7 heteroatoms. The molecule has 0 saturated carbocycles. The lowest BCUT2D eigenvalue weighted by atomic mass is 10.2. The maximum atomic E-state index is 12.0. The van der Waals surface area contributed by atoms with Gasteiger partial charge in [0.2, 0.25) is 10.0 Å². The number of nitrogens with one attached hydrogen (secondary N) is 1. The van der Waals surface area contributed by atoms with Crippen LogP contribution in [0.15, 0.2) is 14.1 Å². The number of alkyl halides is 1. The van der Waals surface area contributed by atoms with Crippen molar-refractivity contribution in [2.45, 2.75) is 36.8 Å². The van der Waals surface area contributed by atoms with Crippen LogP contribution in [-0.2, 0) is 10.0 Å². The van der Waals surface area contributed by atoms with E-state index in [9.17, 15) is 8.42 Å². The van der Waals surface area contributed by atoms with E-state index >= 15 is 0 Å². The average molecular weight is 419 g/mol. The van der Waals surface area contributed by atoms with E-state index in [4.69, 9.17) is 0 Å². The summed E-state index contributed by atoms with van der Waals surface area (Å²) in [7, 11) is -3.33. The lowest BCUT2D eigenvalue weighted by Gasteiger charge is -2.04. The summed E-state index contributed by atoms with van der Waals surface area (Å²) < 4.78 is 27.8. The lowest BCUT2D eigenvalue weighted by Crippen LogP contribution is -2.23. The van der Waals surface area contributed by atoms with Crippen molar-refractivity contribution < 1.29 is 8.42 Å². The second kappa shape index (κ2) is 7.99. The van der Waals surface area contributed by atoms with Gasteiger partial charge >= 0.3 is 0 Å². The van der Waals surface area contributed by atoms with Crippen molar-refractivity contribution in [3.8, 4) is 0 Å². The fourth-order valence-electron chi connectivity index (χ4n) is 1.41. The van der Waals surface area contributed by atoms with E-state index in [1.165, 1.54) is 11.3 Å². The summed E-state index contributed by atoms with van der Waals surface area (Å²) in [5.41, 5.74) is 0.956. The van der Waals surface area contributed by atoms with Crippen LogP contribution in [0.1, 0.15) is 31.2 Å². The maximum Gasteiger partial charge on any atom is 0.250 e. The largest absolute Gasteiger partial charge is 0.250 e. The van der Waals surface area contributed by atoms with Gasteiger partial charge in [-0.3, -0.25) is 0 Å². The van der Waals surface area contributed by atoms with Crippen molar-refractivity contribution in [3.05, 3.63) is 15.4 Å². The minimum atomic E-state index is -3.33. The normalized spacial score (nSPS) is 11.9. The zero-order valence-corrected chi connectivity index (χ0v) is 15.0. The summed E-state index contributed by atoms with van der Waals surface area (Å²) in [4.78, 5) is 0. The van der Waals surface area contributed by atoms with Crippen LogP contribution in [0.4, 0.5) is 0 Å². The van der Waals surface area contributed by atoms with Crippen molar-refractivity contribution >= 4 is 53.2 Å². The zero-order chi connectivity index (χ0) is 13.6. The Morgan fingerprint density at radius 2 is 1.94 bits per heavy atom. The number of hydrogen-bond donors (Lipinski definition) is 1. The van der Waals surface area contributed by atoms with Crippen LogP contribution in [-0.4, -0.2) is 20.3 Å². The number of halogens is 2. The van der Waals surface area contributed by atoms with E-state index in [0.717, 1.165) is 40.4 Å². The van der Waals surface area contributed by atoms with E-state index in [2.05, 4.69) is 36.6 Å². The average Bonchev–Trinajstić information content (AvgIpc) is 2.65. The predicted octanol–water partition coefficient (Wildman–Crippen LogP) is 4.05. The Labute approximate surface area is 130 Å². The summed E-state index contributed by atoms with van der Waals surface area (Å²) in [5, 5.41) is 1.02. The molecule has 0 aliphatic rings. The number of hydrogen-bond acceptors (Lipinski definition) is 3. The molecule has 0 bridgehead atoms. The Bertz CT molecular complexity index is 452. The first kappa shape index (κ1) is 16.6. The molecular weight excluding hydrogens is 402 g/mol. The highest BCUT2D eigenvalue weighted by atomic mass is 79.9. The van der Waals surface area contributed by atoms with Gasteiger partial charge in [-0.05, 0) is 47.3 Å². The van der Waals surface area contributed by atoms with Crippen molar-refractivity contribution in [3.63, 3.8) is 0 Å². The molecule has 0 saturated heterocycles. The second-order valence-electron chi connectivity index (χ2n) is 4.02. The molecule has 3 nitrogen and oxygen atoms in total. The smallest absolute Gasteiger partial charge is 0.210 e. The molecule has 0 aliphatic carbocycles. The minimum Gasteiger partial charge on any atom is -0.210 e. The summed E-state index contributed by atoms with van der Waals surface area (Å²) >= 11 is 7.97. The van der Waals surface area contributed by atoms with E-state index in [-0.39, 0.29) is 0 Å². The van der Waals surface area contributed by atoms with Crippen molar-refractivity contribution in [2.24, 2.45) is 0 Å². The Kier molecular flexibility index (Phi) is 7.38. The first-order chi connectivity index (χ1) is 8.47. The van der Waals surface area contributed by atoms with Gasteiger partial charge in [-0.25, -0.2) is 13.1 Å². The summed E-state index contributed by atoms with van der Waals surface area (Å²) in [5.74, 6) is 0. The highest BCUT2D eigenvalue weighted by molar-refractivity contribution is 9.11. The van der Waals surface area contributed by atoms with Gasteiger partial charge in [-0.1, -0.05) is 28.8 Å². The van der Waals surface area contributed by atoms with Crippen LogP contribution in [0.2, 0.25) is 0 Å². The topological polar surface area (TPSA) is 46.2 Å². The van der Waals surface area contributed by atoms with Crippen molar-refractivity contribution in [1.82, 2.24) is 4.72 Å². The number of thiophene rings is 1. The predicted molar refractivity (Wildman–Crippen MR) is 84.2 cm³/mol. The van der Waals surface area contributed by atoms with Gasteiger partial charge in [-0.2, -0.15) is 0 Å². The first-order valence-electron chi connectivity index (χ1n) is 5.79. The molecule has 18 heavy (non-hydrogen) atoms. The SMILES string of the molecule is Cc1cc(S(=O)(=O)NCCCCCCBr)sc1Br. The van der Waals surface area contributed by atoms with Crippen LogP contribution in [0.3, 0.4) is 0 Å². The summed E-state index contributed by atoms with van der Waals surface area (Å²) in [6, 6.07) is 1.70. The molecule has 1 heterocycles. The number of unbranched alkanes of at least 4 members (excludes halogenated alkanes) is 3. The van der Waals surface area contributed by atoms with Gasteiger partial charge in [0.05, 0.1) is 3.79 Å². The molecule has 0 aliphatic heterocycles. The van der Waals surface area contributed by atoms with Gasteiger partial charge in [0.25, 0.3) is 0 Å². The third-order valence-electron chi connectivity index (χ3n) is 2.45. The van der Waals surface area contributed by atoms with Gasteiger partial charge in [0.1, 0.15) is 4.21 Å². The second-order valence-corrected chi connectivity index (χ2v) is 9.18. The molecule has 0 unspecified atom stereocenters. The molecular formula is C11H17Br2NO2S2. The van der Waals surface area contributed by atoms with Crippen molar-refractivity contribution in [2.75, 3.05) is 11.9 Å². The fraction of sp³-hybridized carbons (Fsp3) is 0.636. The molecule has 1 rings (SSSR count). The van der Waals surface area contributed by atoms with Crippen LogP contribution < -0.4 is 4.72 Å². The monoisotopic (exact) mass is 417 g/mol. The number of rotatable bonds is 8. The Morgan fingerprint density at radius 3 is 2.50 bits per heavy atom. The third-order valence-corrected chi connectivity index (χ3v) is 7.08. The van der Waals surface area contributed by atoms with Crippen molar-refractivity contribution in [1.29, 1.82) is 0 Å². The standard InChI is InChI=1S/C11H17Br2NO2S2/c1-9-8-10(17-11(9)13)18(15,16)14-7-5-3-2-4-6-12/h8,14H,2-7H2,1H3. The molecule has 1 aromatic rings. The molecule has 0 aromatic carbocycles. The van der Waals surface area contributed by atoms with E-state index in [0.29, 0.717) is 10.8 Å². The minimum absolute atomic E-state index is 0.382. The van der Waals surface area contributed by atoms with Gasteiger partial charge in [0.15, 0.2) is 0 Å². The number of sulfonamides is 1. The van der Waals surface area contributed by atoms with Crippen LogP contribution >= 0.6 is 43.2 Å². The first-order valence-corrected chi connectivity index (χ1v) is 10.0. The van der Waals surface area contributed by atoms with Crippen LogP contribution in [0, 0.1) is 6.92 Å². The highest BCUT2D eigenvalue weighted by Crippen LogP contribution is 2.30. The Balaban J connectivity index is 2.41. The van der Waals surface area contributed by atoms with Crippen LogP contribution in [0.5, 0.6) is 0 Å². The van der Waals surface area contributed by atoms with Crippen LogP contribution in [0.25, 0.3) is 0 Å². The van der Waals surface area contributed by atoms with E-state index in [1.54, 1.807) is 6.07 Å². The molecule has 0 spiro atoms. The fourth-order valence-corrected chi connectivity index (χ4v) is 5.16. The highest BCUT2D eigenvalue weighted by Gasteiger charge is 2.17. The maximum absolute atomic E-state index is 12.0. The Morgan fingerprint density at radius 1 is 1.28 bits per heavy atom. The zero-order valence-electron chi connectivity index (χ0n) is 10.2. The van der Waals surface area contributed by atoms with Gasteiger partial charge < -0.3 is 0 Å². The molecule has 0 amide bonds. The number of aryl methyl sites for hydroxylation is 1. The molecule has 104 valence electrons. The molecule has 0 atom stereocenters. The van der Waals surface area contributed by atoms with Gasteiger partial charge in [-0.15, -0.1) is 11.3 Å². The van der Waals surface area contributed by atoms with Gasteiger partial charge in [0, 0.05) is 11.9 Å². The Hall–Kier alpha value is 0.570. The summed E-state index contributed by atoms with van der Waals surface area (Å²) in [6.45, 7) is 2.40.